The van der Waals surface area contributed by atoms with Gasteiger partial charge in [-0.1, -0.05) is 6.07 Å². The van der Waals surface area contributed by atoms with Gasteiger partial charge < -0.3 is 19.7 Å². The van der Waals surface area contributed by atoms with Gasteiger partial charge in [-0.3, -0.25) is 9.48 Å². The SMILES string of the molecule is COc1ccc([C@@H]2C[C@@H](C(F)(F)F)n3ncc(C(=O)N(C)Cc4c(C)nn(C)c4C)c3N2)cc1OC. The third-order valence-corrected chi connectivity index (χ3v) is 6.68. The van der Waals surface area contributed by atoms with E-state index in [-0.39, 0.29) is 24.3 Å². The summed E-state index contributed by atoms with van der Waals surface area (Å²) in [5.74, 6) is 0.450. The Morgan fingerprint density at radius 1 is 1.22 bits per heavy atom. The van der Waals surface area contributed by atoms with E-state index in [2.05, 4.69) is 15.5 Å². The van der Waals surface area contributed by atoms with Crippen LogP contribution in [0.1, 0.15) is 51.4 Å². The summed E-state index contributed by atoms with van der Waals surface area (Å²) >= 11 is 0. The number of carbonyl (C=O) groups excluding carboxylic acids is 1. The number of ether oxygens (including phenoxy) is 2. The Morgan fingerprint density at radius 3 is 2.50 bits per heavy atom. The Hall–Kier alpha value is -3.70. The first-order valence-electron chi connectivity index (χ1n) is 11.3. The van der Waals surface area contributed by atoms with Crippen LogP contribution in [-0.4, -0.2) is 57.8 Å². The first-order valence-corrected chi connectivity index (χ1v) is 11.3. The van der Waals surface area contributed by atoms with E-state index in [1.54, 1.807) is 29.9 Å². The third-order valence-electron chi connectivity index (χ3n) is 6.68. The van der Waals surface area contributed by atoms with Crippen molar-refractivity contribution in [1.29, 1.82) is 0 Å². The third kappa shape index (κ3) is 4.47. The van der Waals surface area contributed by atoms with Gasteiger partial charge in [-0.15, -0.1) is 0 Å². The lowest BCUT2D eigenvalue weighted by molar-refractivity contribution is -0.173. The fourth-order valence-corrected chi connectivity index (χ4v) is 4.57. The van der Waals surface area contributed by atoms with Gasteiger partial charge in [-0.05, 0) is 31.5 Å². The van der Waals surface area contributed by atoms with Crippen molar-refractivity contribution >= 4 is 11.7 Å². The normalized spacial score (nSPS) is 17.4. The van der Waals surface area contributed by atoms with E-state index in [4.69, 9.17) is 9.47 Å². The van der Waals surface area contributed by atoms with Gasteiger partial charge in [-0.2, -0.15) is 23.4 Å². The average molecular weight is 507 g/mol. The summed E-state index contributed by atoms with van der Waals surface area (Å²) in [4.78, 5) is 14.8. The maximum absolute atomic E-state index is 14.1. The number of aryl methyl sites for hydroxylation is 2. The fourth-order valence-electron chi connectivity index (χ4n) is 4.57. The Morgan fingerprint density at radius 2 is 1.92 bits per heavy atom. The van der Waals surface area contributed by atoms with E-state index in [9.17, 15) is 18.0 Å². The summed E-state index contributed by atoms with van der Waals surface area (Å²) < 4.78 is 55.4. The second-order valence-electron chi connectivity index (χ2n) is 8.89. The summed E-state index contributed by atoms with van der Waals surface area (Å²) in [6.07, 6.45) is -3.67. The fraction of sp³-hybridized carbons (Fsp3) is 0.458. The Balaban J connectivity index is 1.69. The molecule has 1 amide bonds. The van der Waals surface area contributed by atoms with Gasteiger partial charge in [0.2, 0.25) is 0 Å². The van der Waals surface area contributed by atoms with Crippen molar-refractivity contribution in [2.45, 2.75) is 45.1 Å². The van der Waals surface area contributed by atoms with Gasteiger partial charge in [0.15, 0.2) is 17.5 Å². The monoisotopic (exact) mass is 506 g/mol. The molecule has 0 spiro atoms. The molecule has 1 N–H and O–H groups in total. The van der Waals surface area contributed by atoms with E-state index in [0.717, 1.165) is 21.6 Å². The number of nitrogens with zero attached hydrogens (tertiary/aromatic N) is 5. The maximum Gasteiger partial charge on any atom is 0.410 e. The lowest BCUT2D eigenvalue weighted by atomic mass is 9.96. The number of rotatable bonds is 6. The molecule has 0 fully saturated rings. The zero-order valence-electron chi connectivity index (χ0n) is 21.0. The molecule has 36 heavy (non-hydrogen) atoms. The predicted molar refractivity (Wildman–Crippen MR) is 126 cm³/mol. The molecule has 2 aromatic heterocycles. The van der Waals surface area contributed by atoms with Crippen LogP contribution in [0.2, 0.25) is 0 Å². The van der Waals surface area contributed by atoms with Crippen molar-refractivity contribution < 1.29 is 27.4 Å². The van der Waals surface area contributed by atoms with E-state index in [0.29, 0.717) is 17.1 Å². The minimum Gasteiger partial charge on any atom is -0.493 e. The number of carbonyl (C=O) groups is 1. The number of halogens is 3. The Kier molecular flexibility index (Phi) is 6.63. The van der Waals surface area contributed by atoms with Crippen LogP contribution in [0.5, 0.6) is 11.5 Å². The number of aromatic nitrogens is 4. The van der Waals surface area contributed by atoms with Gasteiger partial charge >= 0.3 is 6.18 Å². The van der Waals surface area contributed by atoms with Crippen LogP contribution in [0.15, 0.2) is 24.4 Å². The molecule has 0 bridgehead atoms. The van der Waals surface area contributed by atoms with E-state index >= 15 is 0 Å². The van der Waals surface area contributed by atoms with Gasteiger partial charge in [0, 0.05) is 38.3 Å². The zero-order chi connectivity index (χ0) is 26.4. The van der Waals surface area contributed by atoms with Crippen molar-refractivity contribution in [3.05, 3.63) is 52.5 Å². The molecule has 3 aromatic rings. The summed E-state index contributed by atoms with van der Waals surface area (Å²) in [5.41, 5.74) is 3.22. The Labute approximate surface area is 206 Å². The van der Waals surface area contributed by atoms with Crippen LogP contribution >= 0.6 is 0 Å². The van der Waals surface area contributed by atoms with E-state index < -0.39 is 24.2 Å². The number of benzene rings is 1. The number of methoxy groups -OCH3 is 2. The highest BCUT2D eigenvalue weighted by Crippen LogP contribution is 2.45. The largest absolute Gasteiger partial charge is 0.493 e. The second kappa shape index (κ2) is 9.40. The highest BCUT2D eigenvalue weighted by atomic mass is 19.4. The lowest BCUT2D eigenvalue weighted by Crippen LogP contribution is -2.36. The van der Waals surface area contributed by atoms with E-state index in [1.807, 2.05) is 20.9 Å². The van der Waals surface area contributed by atoms with Crippen LogP contribution in [0.3, 0.4) is 0 Å². The van der Waals surface area contributed by atoms with Gasteiger partial charge in [0.05, 0.1) is 32.2 Å². The molecule has 194 valence electrons. The number of nitrogens with one attached hydrogen (secondary N) is 1. The summed E-state index contributed by atoms with van der Waals surface area (Å²) in [5, 5.41) is 11.5. The van der Waals surface area contributed by atoms with Gasteiger partial charge in [-0.25, -0.2) is 4.68 Å². The number of hydrogen-bond acceptors (Lipinski definition) is 6. The Bertz CT molecular complexity index is 1280. The molecule has 12 heteroatoms. The summed E-state index contributed by atoms with van der Waals surface area (Å²) in [6, 6.07) is 2.32. The molecule has 1 aliphatic heterocycles. The highest BCUT2D eigenvalue weighted by Gasteiger charge is 2.47. The van der Waals surface area contributed by atoms with Crippen molar-refractivity contribution in [2.24, 2.45) is 7.05 Å². The van der Waals surface area contributed by atoms with Crippen LogP contribution in [0.25, 0.3) is 0 Å². The second-order valence-corrected chi connectivity index (χ2v) is 8.89. The van der Waals surface area contributed by atoms with Crippen molar-refractivity contribution in [3.63, 3.8) is 0 Å². The minimum atomic E-state index is -4.56. The van der Waals surface area contributed by atoms with Crippen LogP contribution < -0.4 is 14.8 Å². The number of amides is 1. The first-order chi connectivity index (χ1) is 17.0. The molecule has 0 unspecified atom stereocenters. The highest BCUT2D eigenvalue weighted by molar-refractivity contribution is 5.98. The molecule has 0 saturated heterocycles. The summed E-state index contributed by atoms with van der Waals surface area (Å²) in [7, 11) is 6.37. The molecule has 0 saturated carbocycles. The molecular weight excluding hydrogens is 477 g/mol. The minimum absolute atomic E-state index is 0.0276. The van der Waals surface area contributed by atoms with Crippen molar-refractivity contribution in [2.75, 3.05) is 26.6 Å². The quantitative estimate of drug-likeness (QED) is 0.540. The molecule has 1 aliphatic rings. The predicted octanol–water partition coefficient (Wildman–Crippen LogP) is 4.18. The van der Waals surface area contributed by atoms with Crippen LogP contribution in [0.4, 0.5) is 19.0 Å². The molecule has 4 rings (SSSR count). The first kappa shape index (κ1) is 25.4. The number of fused-ring (bicyclic) bond motifs is 1. The number of alkyl halides is 3. The topological polar surface area (TPSA) is 86.4 Å². The van der Waals surface area contributed by atoms with Gasteiger partial charge in [0.1, 0.15) is 11.4 Å². The molecule has 0 radical (unpaired) electrons. The van der Waals surface area contributed by atoms with Crippen molar-refractivity contribution in [1.82, 2.24) is 24.5 Å². The number of anilines is 1. The lowest BCUT2D eigenvalue weighted by Gasteiger charge is -2.34. The van der Waals surface area contributed by atoms with Crippen LogP contribution in [-0.2, 0) is 13.6 Å². The van der Waals surface area contributed by atoms with Gasteiger partial charge in [0.25, 0.3) is 5.91 Å². The molecule has 0 aliphatic carbocycles. The molecule has 9 nitrogen and oxygen atoms in total. The molecule has 2 atom stereocenters. The molecule has 3 heterocycles. The smallest absolute Gasteiger partial charge is 0.410 e. The maximum atomic E-state index is 14.1. The van der Waals surface area contributed by atoms with Crippen LogP contribution in [0, 0.1) is 13.8 Å². The average Bonchev–Trinajstić information content (AvgIpc) is 3.37. The standard InChI is InChI=1S/C24H29F3N6O3/c1-13-17(14(2)32(4)30-13)12-31(3)23(34)16-11-28-33-21(24(25,26)27)10-18(29-22(16)33)15-7-8-19(35-5)20(9-15)36-6/h7-9,11,18,21,29H,10,12H2,1-6H3/t18-,21-/m0/s1. The summed E-state index contributed by atoms with van der Waals surface area (Å²) in [6.45, 7) is 4.01. The zero-order valence-corrected chi connectivity index (χ0v) is 21.0. The molecule has 1 aromatic carbocycles. The molecular formula is C24H29F3N6O3. The number of hydrogen-bond donors (Lipinski definition) is 1. The van der Waals surface area contributed by atoms with Crippen molar-refractivity contribution in [3.8, 4) is 11.5 Å². The van der Waals surface area contributed by atoms with E-state index in [1.165, 1.54) is 25.3 Å².